The van der Waals surface area contributed by atoms with Gasteiger partial charge in [-0.05, 0) is 54.7 Å². The van der Waals surface area contributed by atoms with E-state index in [-0.39, 0.29) is 11.7 Å². The van der Waals surface area contributed by atoms with E-state index in [1.165, 1.54) is 69.3 Å². The number of carbonyl (C=O) groups excluding carboxylic acids is 1. The Bertz CT molecular complexity index is 637. The van der Waals surface area contributed by atoms with Crippen molar-refractivity contribution in [3.63, 3.8) is 0 Å². The van der Waals surface area contributed by atoms with Crippen molar-refractivity contribution in [1.82, 2.24) is 4.90 Å². The third-order valence-electron chi connectivity index (χ3n) is 6.40. The van der Waals surface area contributed by atoms with Crippen LogP contribution < -0.4 is 0 Å². The molecule has 2 atom stereocenters. The summed E-state index contributed by atoms with van der Waals surface area (Å²) in [6.07, 6.45) is 14.5. The molecule has 3 rings (SSSR count). The lowest BCUT2D eigenvalue weighted by Gasteiger charge is -2.32. The van der Waals surface area contributed by atoms with E-state index in [1.54, 1.807) is 24.3 Å². The predicted octanol–water partition coefficient (Wildman–Crippen LogP) is 6.17. The molecule has 1 aliphatic heterocycles. The van der Waals surface area contributed by atoms with Gasteiger partial charge in [-0.15, -0.1) is 0 Å². The third-order valence-corrected chi connectivity index (χ3v) is 7.80. The zero-order chi connectivity index (χ0) is 19.8. The first-order valence-corrected chi connectivity index (χ1v) is 12.1. The molecule has 0 bridgehead atoms. The van der Waals surface area contributed by atoms with Crippen molar-refractivity contribution in [3.8, 4) is 0 Å². The van der Waals surface area contributed by atoms with Gasteiger partial charge in [-0.1, -0.05) is 57.1 Å². The van der Waals surface area contributed by atoms with E-state index >= 15 is 0 Å². The van der Waals surface area contributed by atoms with Crippen molar-refractivity contribution < 1.29 is 9.18 Å². The van der Waals surface area contributed by atoms with Crippen molar-refractivity contribution in [1.29, 1.82) is 0 Å². The molecule has 154 valence electrons. The van der Waals surface area contributed by atoms with Gasteiger partial charge in [0.1, 0.15) is 5.82 Å². The van der Waals surface area contributed by atoms with Gasteiger partial charge in [-0.2, -0.15) is 11.8 Å². The molecule has 1 saturated heterocycles. The van der Waals surface area contributed by atoms with Crippen LogP contribution in [0.15, 0.2) is 30.3 Å². The maximum absolute atomic E-state index is 13.0. The summed E-state index contributed by atoms with van der Waals surface area (Å²) in [7, 11) is 0. The second-order valence-corrected chi connectivity index (χ2v) is 9.58. The first kappa shape index (κ1) is 21.4. The second-order valence-electron chi connectivity index (χ2n) is 8.23. The highest BCUT2D eigenvalue weighted by molar-refractivity contribution is 8.00. The molecule has 1 saturated carbocycles. The average molecular weight is 404 g/mol. The number of benzene rings is 1. The highest BCUT2D eigenvalue weighted by atomic mass is 32.2. The Kier molecular flexibility index (Phi) is 8.44. The van der Waals surface area contributed by atoms with E-state index < -0.39 is 0 Å². The summed E-state index contributed by atoms with van der Waals surface area (Å²) in [6, 6.07) is 6.26. The van der Waals surface area contributed by atoms with Crippen LogP contribution in [0.5, 0.6) is 0 Å². The normalized spacial score (nSPS) is 24.2. The number of rotatable bonds is 6. The highest BCUT2D eigenvalue weighted by Crippen LogP contribution is 2.42. The van der Waals surface area contributed by atoms with Gasteiger partial charge in [-0.3, -0.25) is 4.79 Å². The molecule has 2 fully saturated rings. The number of hydrogen-bond acceptors (Lipinski definition) is 2. The lowest BCUT2D eigenvalue weighted by molar-refractivity contribution is -0.125. The largest absolute Gasteiger partial charge is 0.338 e. The van der Waals surface area contributed by atoms with Gasteiger partial charge < -0.3 is 4.90 Å². The van der Waals surface area contributed by atoms with E-state index in [0.29, 0.717) is 5.25 Å². The second kappa shape index (κ2) is 11.0. The number of amides is 1. The molecule has 0 N–H and O–H groups in total. The van der Waals surface area contributed by atoms with Crippen LogP contribution in [0.2, 0.25) is 0 Å². The Morgan fingerprint density at radius 1 is 1.11 bits per heavy atom. The van der Waals surface area contributed by atoms with Crippen molar-refractivity contribution >= 4 is 23.7 Å². The molecule has 2 unspecified atom stereocenters. The molecular formula is C24H34FNOS. The van der Waals surface area contributed by atoms with E-state index in [0.717, 1.165) is 30.5 Å². The topological polar surface area (TPSA) is 20.3 Å². The summed E-state index contributed by atoms with van der Waals surface area (Å²) >= 11 is 2.07. The van der Waals surface area contributed by atoms with Crippen LogP contribution in [-0.4, -0.2) is 34.9 Å². The molecule has 4 heteroatoms. The molecule has 0 radical (unpaired) electrons. The Labute approximate surface area is 174 Å². The number of likely N-dealkylation sites (N-methyl/N-ethyl adjacent to an activating group) is 1. The molecule has 1 aliphatic carbocycles. The van der Waals surface area contributed by atoms with Crippen molar-refractivity contribution in [2.24, 2.45) is 11.8 Å². The summed E-state index contributed by atoms with van der Waals surface area (Å²) in [5, 5.41) is 0.576. The maximum Gasteiger partial charge on any atom is 0.246 e. The van der Waals surface area contributed by atoms with Crippen molar-refractivity contribution in [3.05, 3.63) is 41.7 Å². The SMILES string of the molecule is CCN(CC1SCCC1C1CCCCCCC1)C(=O)C=Cc1ccc(F)cc1. The fourth-order valence-corrected chi connectivity index (χ4v) is 6.35. The number of carbonyl (C=O) groups is 1. The van der Waals surface area contributed by atoms with Crippen LogP contribution in [-0.2, 0) is 4.79 Å². The summed E-state index contributed by atoms with van der Waals surface area (Å²) in [4.78, 5) is 14.7. The summed E-state index contributed by atoms with van der Waals surface area (Å²) in [5.74, 6) is 2.67. The lowest BCUT2D eigenvalue weighted by atomic mass is 9.79. The fourth-order valence-electron chi connectivity index (χ4n) is 4.75. The quantitative estimate of drug-likeness (QED) is 0.529. The molecule has 1 amide bonds. The van der Waals surface area contributed by atoms with E-state index in [1.807, 2.05) is 4.90 Å². The van der Waals surface area contributed by atoms with Gasteiger partial charge in [0.2, 0.25) is 5.91 Å². The minimum Gasteiger partial charge on any atom is -0.338 e. The number of thioether (sulfide) groups is 1. The predicted molar refractivity (Wildman–Crippen MR) is 118 cm³/mol. The molecule has 2 aliphatic rings. The Morgan fingerprint density at radius 2 is 1.79 bits per heavy atom. The summed E-state index contributed by atoms with van der Waals surface area (Å²) in [6.45, 7) is 3.66. The maximum atomic E-state index is 13.0. The highest BCUT2D eigenvalue weighted by Gasteiger charge is 2.35. The standard InChI is InChI=1S/C24H34FNOS/c1-2-26(24(27)15-12-19-10-13-21(25)14-11-19)18-23-22(16-17-28-23)20-8-6-4-3-5-7-9-20/h10-15,20,22-23H,2-9,16-18H2,1H3. The number of hydrogen-bond donors (Lipinski definition) is 0. The lowest BCUT2D eigenvalue weighted by Crippen LogP contribution is -2.38. The zero-order valence-electron chi connectivity index (χ0n) is 17.1. The average Bonchev–Trinajstić information content (AvgIpc) is 3.13. The molecule has 0 aromatic heterocycles. The Hall–Kier alpha value is -1.29. The van der Waals surface area contributed by atoms with E-state index in [2.05, 4.69) is 18.7 Å². The Morgan fingerprint density at radius 3 is 2.46 bits per heavy atom. The minimum atomic E-state index is -0.253. The molecule has 1 heterocycles. The number of halogens is 1. The van der Waals surface area contributed by atoms with E-state index in [4.69, 9.17) is 0 Å². The van der Waals surface area contributed by atoms with E-state index in [9.17, 15) is 9.18 Å². The van der Waals surface area contributed by atoms with Gasteiger partial charge in [0.05, 0.1) is 0 Å². The molecule has 2 nitrogen and oxygen atoms in total. The van der Waals surface area contributed by atoms with Crippen LogP contribution in [0.25, 0.3) is 6.08 Å². The third kappa shape index (κ3) is 6.10. The first-order chi connectivity index (χ1) is 13.7. The van der Waals surface area contributed by atoms with Gasteiger partial charge >= 0.3 is 0 Å². The summed E-state index contributed by atoms with van der Waals surface area (Å²) < 4.78 is 13.0. The monoisotopic (exact) mass is 403 g/mol. The zero-order valence-corrected chi connectivity index (χ0v) is 17.9. The van der Waals surface area contributed by atoms with Gasteiger partial charge in [0.25, 0.3) is 0 Å². The van der Waals surface area contributed by atoms with Crippen molar-refractivity contribution in [2.75, 3.05) is 18.8 Å². The molecular weight excluding hydrogens is 369 g/mol. The van der Waals surface area contributed by atoms with Crippen LogP contribution in [0.4, 0.5) is 4.39 Å². The van der Waals surface area contributed by atoms with Crippen molar-refractivity contribution in [2.45, 2.75) is 63.5 Å². The van der Waals surface area contributed by atoms with Gasteiger partial charge in [0, 0.05) is 24.4 Å². The molecule has 1 aromatic carbocycles. The van der Waals surface area contributed by atoms with Crippen LogP contribution in [0.1, 0.15) is 63.9 Å². The molecule has 0 spiro atoms. The fraction of sp³-hybridized carbons (Fsp3) is 0.625. The Balaban J connectivity index is 1.58. The van der Waals surface area contributed by atoms with Crippen LogP contribution >= 0.6 is 11.8 Å². The summed E-state index contributed by atoms with van der Waals surface area (Å²) in [5.41, 5.74) is 0.855. The first-order valence-electron chi connectivity index (χ1n) is 11.0. The van der Waals surface area contributed by atoms with Crippen LogP contribution in [0.3, 0.4) is 0 Å². The number of nitrogens with zero attached hydrogens (tertiary/aromatic N) is 1. The van der Waals surface area contributed by atoms with Crippen LogP contribution in [0, 0.1) is 17.7 Å². The minimum absolute atomic E-state index is 0.0655. The van der Waals surface area contributed by atoms with Gasteiger partial charge in [0.15, 0.2) is 0 Å². The smallest absolute Gasteiger partial charge is 0.246 e. The van der Waals surface area contributed by atoms with Gasteiger partial charge in [-0.25, -0.2) is 4.39 Å². The molecule has 28 heavy (non-hydrogen) atoms. The molecule has 1 aromatic rings.